The maximum absolute atomic E-state index is 10.4. The van der Waals surface area contributed by atoms with Crippen molar-refractivity contribution in [3.63, 3.8) is 0 Å². The van der Waals surface area contributed by atoms with Gasteiger partial charge in [-0.25, -0.2) is 0 Å². The topological polar surface area (TPSA) is 80.9 Å². The lowest BCUT2D eigenvalue weighted by Crippen LogP contribution is -2.35. The van der Waals surface area contributed by atoms with Gasteiger partial charge in [0.15, 0.2) is 0 Å². The summed E-state index contributed by atoms with van der Waals surface area (Å²) in [6.07, 6.45) is 25.5. The van der Waals surface area contributed by atoms with Gasteiger partial charge in [0, 0.05) is 10.8 Å². The van der Waals surface area contributed by atoms with Gasteiger partial charge in [-0.2, -0.15) is 0 Å². The van der Waals surface area contributed by atoms with Crippen LogP contribution in [0, 0.1) is 10.8 Å². The molecule has 0 fully saturated rings. The first-order chi connectivity index (χ1) is 19.5. The smallest absolute Gasteiger partial charge is 0.0512 e. The minimum Gasteiger partial charge on any atom is -0.396 e. The van der Waals surface area contributed by atoms with Crippen LogP contribution in [-0.4, -0.2) is 46.9 Å². The standard InChI is InChI=1S/C36H66O4/c1-3-5-7-9-11-13-15-17-21-25-35(29-37,30-38)27-33-23-19-20-24-34(33)28-36(31-39,32-40)26-22-18-16-14-12-10-8-6-4-2/h19-20,23-24,37-40H,3-18,21-22,25-32H2,1-2H3. The van der Waals surface area contributed by atoms with Crippen LogP contribution in [0.1, 0.15) is 153 Å². The molecule has 0 unspecified atom stereocenters. The maximum atomic E-state index is 10.4. The van der Waals surface area contributed by atoms with Crippen LogP contribution in [0.3, 0.4) is 0 Å². The minimum absolute atomic E-state index is 0.0293. The number of aliphatic hydroxyl groups excluding tert-OH is 4. The summed E-state index contributed by atoms with van der Waals surface area (Å²) in [5.74, 6) is 0. The monoisotopic (exact) mass is 562 g/mol. The summed E-state index contributed by atoms with van der Waals surface area (Å²) in [5.41, 5.74) is 1.19. The highest BCUT2D eigenvalue weighted by molar-refractivity contribution is 5.29. The van der Waals surface area contributed by atoms with Crippen LogP contribution < -0.4 is 0 Å². The Hall–Kier alpha value is -0.940. The van der Waals surface area contributed by atoms with Gasteiger partial charge in [-0.05, 0) is 36.8 Å². The molecule has 0 amide bonds. The molecule has 0 spiro atoms. The maximum Gasteiger partial charge on any atom is 0.0512 e. The molecule has 234 valence electrons. The van der Waals surface area contributed by atoms with Crippen molar-refractivity contribution >= 4 is 0 Å². The Kier molecular flexibility index (Phi) is 21.9. The van der Waals surface area contributed by atoms with Crippen molar-refractivity contribution in [2.24, 2.45) is 10.8 Å². The highest BCUT2D eigenvalue weighted by Crippen LogP contribution is 2.35. The normalized spacial score (nSPS) is 12.3. The van der Waals surface area contributed by atoms with Gasteiger partial charge in [0.2, 0.25) is 0 Å². The molecule has 0 aromatic heterocycles. The van der Waals surface area contributed by atoms with Crippen LogP contribution in [0.4, 0.5) is 0 Å². The van der Waals surface area contributed by atoms with Gasteiger partial charge in [0.05, 0.1) is 26.4 Å². The molecule has 0 aliphatic carbocycles. The molecule has 0 aliphatic heterocycles. The Morgan fingerprint density at radius 3 is 0.975 bits per heavy atom. The number of hydrogen-bond acceptors (Lipinski definition) is 4. The van der Waals surface area contributed by atoms with Crippen molar-refractivity contribution < 1.29 is 20.4 Å². The fourth-order valence-corrected chi connectivity index (χ4v) is 6.15. The first-order valence-corrected chi connectivity index (χ1v) is 17.0. The first kappa shape index (κ1) is 37.1. The van der Waals surface area contributed by atoms with Crippen molar-refractivity contribution in [3.05, 3.63) is 35.4 Å². The summed E-state index contributed by atoms with van der Waals surface area (Å²) in [7, 11) is 0. The molecule has 0 saturated carbocycles. The second kappa shape index (κ2) is 23.6. The van der Waals surface area contributed by atoms with E-state index in [0.717, 1.165) is 49.7 Å². The molecule has 0 bridgehead atoms. The van der Waals surface area contributed by atoms with E-state index in [4.69, 9.17) is 0 Å². The Morgan fingerprint density at radius 1 is 0.425 bits per heavy atom. The third kappa shape index (κ3) is 15.3. The van der Waals surface area contributed by atoms with Gasteiger partial charge in [0.1, 0.15) is 0 Å². The van der Waals surface area contributed by atoms with Gasteiger partial charge in [-0.3, -0.25) is 0 Å². The molecule has 1 aromatic rings. The number of benzene rings is 1. The van der Waals surface area contributed by atoms with Crippen LogP contribution >= 0.6 is 0 Å². The number of rotatable bonds is 28. The van der Waals surface area contributed by atoms with Gasteiger partial charge in [-0.15, -0.1) is 0 Å². The molecule has 40 heavy (non-hydrogen) atoms. The molecule has 0 radical (unpaired) electrons. The fraction of sp³-hybridized carbons (Fsp3) is 0.833. The summed E-state index contributed by atoms with van der Waals surface area (Å²) in [6, 6.07) is 8.25. The average molecular weight is 563 g/mol. The highest BCUT2D eigenvalue weighted by Gasteiger charge is 2.33. The zero-order valence-corrected chi connectivity index (χ0v) is 26.5. The van der Waals surface area contributed by atoms with E-state index >= 15 is 0 Å². The Labute approximate surface area is 248 Å². The summed E-state index contributed by atoms with van der Waals surface area (Å²) in [4.78, 5) is 0. The number of hydrogen-bond donors (Lipinski definition) is 4. The third-order valence-corrected chi connectivity index (χ3v) is 9.21. The molecular formula is C36H66O4. The summed E-state index contributed by atoms with van der Waals surface area (Å²) >= 11 is 0. The quantitative estimate of drug-likeness (QED) is 0.0771. The van der Waals surface area contributed by atoms with Crippen molar-refractivity contribution in [2.75, 3.05) is 26.4 Å². The largest absolute Gasteiger partial charge is 0.396 e. The number of unbranched alkanes of at least 4 members (excludes halogenated alkanes) is 16. The summed E-state index contributed by atoms with van der Waals surface area (Å²) in [5, 5.41) is 41.5. The molecule has 0 saturated heterocycles. The number of aliphatic hydroxyl groups is 4. The molecular weight excluding hydrogens is 496 g/mol. The van der Waals surface area contributed by atoms with E-state index < -0.39 is 10.8 Å². The Bertz CT molecular complexity index is 637. The van der Waals surface area contributed by atoms with Crippen molar-refractivity contribution in [1.29, 1.82) is 0 Å². The van der Waals surface area contributed by atoms with Crippen LogP contribution in [0.25, 0.3) is 0 Å². The predicted molar refractivity (Wildman–Crippen MR) is 171 cm³/mol. The Morgan fingerprint density at radius 2 is 0.700 bits per heavy atom. The Balaban J connectivity index is 2.65. The molecule has 1 aromatic carbocycles. The lowest BCUT2D eigenvalue weighted by atomic mass is 9.74. The molecule has 4 N–H and O–H groups in total. The first-order valence-electron chi connectivity index (χ1n) is 17.0. The van der Waals surface area contributed by atoms with Crippen molar-refractivity contribution in [1.82, 2.24) is 0 Å². The van der Waals surface area contributed by atoms with E-state index in [-0.39, 0.29) is 26.4 Å². The van der Waals surface area contributed by atoms with Crippen LogP contribution in [-0.2, 0) is 12.8 Å². The van der Waals surface area contributed by atoms with Crippen LogP contribution in [0.5, 0.6) is 0 Å². The molecule has 1 rings (SSSR count). The van der Waals surface area contributed by atoms with E-state index in [2.05, 4.69) is 26.0 Å². The fourth-order valence-electron chi connectivity index (χ4n) is 6.15. The molecule has 4 heteroatoms. The van der Waals surface area contributed by atoms with E-state index in [0.29, 0.717) is 12.8 Å². The van der Waals surface area contributed by atoms with Crippen LogP contribution in [0.15, 0.2) is 24.3 Å². The summed E-state index contributed by atoms with van der Waals surface area (Å²) < 4.78 is 0. The van der Waals surface area contributed by atoms with Crippen molar-refractivity contribution in [2.45, 2.75) is 155 Å². The lowest BCUT2D eigenvalue weighted by Gasteiger charge is -2.34. The van der Waals surface area contributed by atoms with E-state index in [1.54, 1.807) is 0 Å². The lowest BCUT2D eigenvalue weighted by molar-refractivity contribution is 0.0403. The van der Waals surface area contributed by atoms with Crippen LogP contribution in [0.2, 0.25) is 0 Å². The minimum atomic E-state index is -0.532. The van der Waals surface area contributed by atoms with E-state index in [1.165, 1.54) is 89.9 Å². The molecule has 4 nitrogen and oxygen atoms in total. The summed E-state index contributed by atoms with van der Waals surface area (Å²) in [6.45, 7) is 4.39. The zero-order valence-electron chi connectivity index (χ0n) is 26.5. The molecule has 0 heterocycles. The van der Waals surface area contributed by atoms with Gasteiger partial charge >= 0.3 is 0 Å². The highest BCUT2D eigenvalue weighted by atomic mass is 16.3. The SMILES string of the molecule is CCCCCCCCCCCC(CO)(CO)Cc1ccccc1CC(CO)(CO)CCCCCCCCCCC. The van der Waals surface area contributed by atoms with Gasteiger partial charge in [0.25, 0.3) is 0 Å². The second-order valence-electron chi connectivity index (χ2n) is 12.9. The molecule has 0 aliphatic rings. The van der Waals surface area contributed by atoms with E-state index in [9.17, 15) is 20.4 Å². The zero-order chi connectivity index (χ0) is 29.4. The van der Waals surface area contributed by atoms with Crippen molar-refractivity contribution in [3.8, 4) is 0 Å². The average Bonchev–Trinajstić information content (AvgIpc) is 2.99. The molecule has 0 atom stereocenters. The van der Waals surface area contributed by atoms with Gasteiger partial charge < -0.3 is 20.4 Å². The van der Waals surface area contributed by atoms with Gasteiger partial charge in [-0.1, -0.05) is 154 Å². The second-order valence-corrected chi connectivity index (χ2v) is 12.9. The third-order valence-electron chi connectivity index (χ3n) is 9.21. The predicted octanol–water partition coefficient (Wildman–Crippen LogP) is 8.56. The van der Waals surface area contributed by atoms with E-state index in [1.807, 2.05) is 12.1 Å².